The van der Waals surface area contributed by atoms with E-state index in [0.29, 0.717) is 17.9 Å². The number of benzene rings is 1. The Morgan fingerprint density at radius 1 is 1.33 bits per heavy atom. The van der Waals surface area contributed by atoms with E-state index in [-0.39, 0.29) is 30.4 Å². The molecule has 0 bridgehead atoms. The van der Waals surface area contributed by atoms with Crippen molar-refractivity contribution in [2.45, 2.75) is 55.3 Å². The third-order valence-corrected chi connectivity index (χ3v) is 7.31. The summed E-state index contributed by atoms with van der Waals surface area (Å²) in [6.07, 6.45) is 0.830. The van der Waals surface area contributed by atoms with Gasteiger partial charge in [-0.2, -0.15) is 0 Å². The second kappa shape index (κ2) is 6.95. The summed E-state index contributed by atoms with van der Waals surface area (Å²) in [5.41, 5.74) is 17.4. The van der Waals surface area contributed by atoms with Gasteiger partial charge in [-0.05, 0) is 17.9 Å². The zero-order chi connectivity index (χ0) is 23.8. The summed E-state index contributed by atoms with van der Waals surface area (Å²) in [7, 11) is 0. The average molecular weight is 459 g/mol. The van der Waals surface area contributed by atoms with E-state index in [0.717, 1.165) is 12.0 Å². The molecule has 1 aromatic rings. The number of hydrogen-bond donors (Lipinski definition) is 7. The molecule has 4 aliphatic rings. The first-order chi connectivity index (χ1) is 15.5. The maximum Gasteiger partial charge on any atom is 0.255 e. The summed E-state index contributed by atoms with van der Waals surface area (Å²) in [6.45, 7) is 4.74. The van der Waals surface area contributed by atoms with Crippen LogP contribution in [0.5, 0.6) is 5.75 Å². The SMILES string of the molecule is CC1(C)CCOc2c(C(=O)NC3CN4C(N)=N[C@@H](CN)[C@@H]5N=C(N)NC54C3(O)O)cccc21. The van der Waals surface area contributed by atoms with Crippen LogP contribution in [0.3, 0.4) is 0 Å². The number of ether oxygens (including phenoxy) is 1. The molecule has 0 aliphatic carbocycles. The number of aliphatic imine (C=N–C) groups is 2. The van der Waals surface area contributed by atoms with E-state index >= 15 is 0 Å². The number of nitrogens with two attached hydrogens (primary N) is 3. The smallest absolute Gasteiger partial charge is 0.255 e. The highest BCUT2D eigenvalue weighted by molar-refractivity contribution is 5.98. The van der Waals surface area contributed by atoms with Crippen molar-refractivity contribution in [2.75, 3.05) is 19.7 Å². The highest BCUT2D eigenvalue weighted by Gasteiger charge is 2.73. The van der Waals surface area contributed by atoms with Crippen LogP contribution in [0.1, 0.15) is 36.2 Å². The molecule has 4 atom stereocenters. The number of rotatable bonds is 3. The molecule has 12 heteroatoms. The molecular formula is C21H30N8O4. The summed E-state index contributed by atoms with van der Waals surface area (Å²) in [4.78, 5) is 23.5. The zero-order valence-corrected chi connectivity index (χ0v) is 18.6. The molecule has 1 saturated heterocycles. The van der Waals surface area contributed by atoms with Crippen LogP contribution >= 0.6 is 0 Å². The largest absolute Gasteiger partial charge is 0.492 e. The standard InChI is InChI=1S/C21H30N8O4/c1-19(2)6-7-33-14-10(4-3-5-11(14)19)16(30)26-13-9-29-18(24)25-12(8-22)15-20(29,21(13,31)32)28-17(23)27-15/h3-5,12-13,15,31-32H,6-9,22H2,1-2H3,(H2,24,25)(H,26,30)(H3,23,27,28)/t12-,13?,15-,20?/m0/s1. The first-order valence-electron chi connectivity index (χ1n) is 11.0. The zero-order valence-electron chi connectivity index (χ0n) is 18.6. The second-order valence-corrected chi connectivity index (χ2v) is 9.67. The average Bonchev–Trinajstić information content (AvgIpc) is 3.22. The van der Waals surface area contributed by atoms with Crippen molar-refractivity contribution in [3.05, 3.63) is 29.3 Å². The van der Waals surface area contributed by atoms with Crippen molar-refractivity contribution in [1.82, 2.24) is 15.5 Å². The van der Waals surface area contributed by atoms with E-state index in [1.165, 1.54) is 4.90 Å². The maximum atomic E-state index is 13.3. The van der Waals surface area contributed by atoms with Crippen LogP contribution in [-0.4, -0.2) is 82.2 Å². The lowest BCUT2D eigenvalue weighted by atomic mass is 9.79. The predicted octanol–water partition coefficient (Wildman–Crippen LogP) is -2.52. The van der Waals surface area contributed by atoms with E-state index in [1.54, 1.807) is 12.1 Å². The molecule has 178 valence electrons. The summed E-state index contributed by atoms with van der Waals surface area (Å²) in [5, 5.41) is 28.4. The Kier molecular flexibility index (Phi) is 4.58. The van der Waals surface area contributed by atoms with Crippen LogP contribution in [0, 0.1) is 0 Å². The number of guanidine groups is 2. The molecule has 4 heterocycles. The van der Waals surface area contributed by atoms with Gasteiger partial charge in [0.25, 0.3) is 5.91 Å². The Balaban J connectivity index is 1.49. The quantitative estimate of drug-likeness (QED) is 0.239. The summed E-state index contributed by atoms with van der Waals surface area (Å²) in [6, 6.07) is 2.84. The topological polar surface area (TPSA) is 197 Å². The van der Waals surface area contributed by atoms with E-state index in [2.05, 4.69) is 34.5 Å². The molecule has 1 aromatic carbocycles. The highest BCUT2D eigenvalue weighted by Crippen LogP contribution is 2.45. The molecule has 1 fully saturated rings. The molecule has 0 saturated carbocycles. The number of para-hydroxylation sites is 1. The van der Waals surface area contributed by atoms with Crippen LogP contribution in [0.2, 0.25) is 0 Å². The van der Waals surface area contributed by atoms with E-state index < -0.39 is 35.5 Å². The molecular weight excluding hydrogens is 428 g/mol. The van der Waals surface area contributed by atoms with Crippen molar-refractivity contribution in [3.63, 3.8) is 0 Å². The van der Waals surface area contributed by atoms with Gasteiger partial charge in [-0.3, -0.25) is 4.79 Å². The van der Waals surface area contributed by atoms with Gasteiger partial charge in [-0.15, -0.1) is 0 Å². The highest BCUT2D eigenvalue weighted by atomic mass is 16.5. The minimum absolute atomic E-state index is 0.0144. The first-order valence-corrected chi connectivity index (χ1v) is 11.0. The van der Waals surface area contributed by atoms with Crippen LogP contribution in [0.15, 0.2) is 28.2 Å². The Morgan fingerprint density at radius 2 is 2.09 bits per heavy atom. The Bertz CT molecular complexity index is 1070. The number of amides is 1. The van der Waals surface area contributed by atoms with Gasteiger partial charge in [-0.25, -0.2) is 9.98 Å². The molecule has 12 nitrogen and oxygen atoms in total. The normalized spacial score (nSPS) is 33.0. The Morgan fingerprint density at radius 3 is 2.82 bits per heavy atom. The maximum absolute atomic E-state index is 13.3. The number of fused-ring (bicyclic) bond motifs is 1. The number of hydrogen-bond acceptors (Lipinski definition) is 11. The third-order valence-electron chi connectivity index (χ3n) is 7.31. The van der Waals surface area contributed by atoms with Crippen LogP contribution in [-0.2, 0) is 5.41 Å². The fraction of sp³-hybridized carbons (Fsp3) is 0.571. The van der Waals surface area contributed by atoms with Gasteiger partial charge >= 0.3 is 0 Å². The number of carbonyl (C=O) groups excluding carboxylic acids is 1. The molecule has 0 radical (unpaired) electrons. The second-order valence-electron chi connectivity index (χ2n) is 9.67. The number of carbonyl (C=O) groups is 1. The fourth-order valence-electron chi connectivity index (χ4n) is 5.46. The minimum atomic E-state index is -2.50. The van der Waals surface area contributed by atoms with Crippen LogP contribution in [0.4, 0.5) is 0 Å². The lowest BCUT2D eigenvalue weighted by molar-refractivity contribution is -0.230. The first kappa shape index (κ1) is 21.7. The molecule has 5 rings (SSSR count). The molecule has 10 N–H and O–H groups in total. The lowest BCUT2D eigenvalue weighted by Crippen LogP contribution is -2.78. The number of nitrogens with one attached hydrogen (secondary N) is 2. The summed E-state index contributed by atoms with van der Waals surface area (Å²) >= 11 is 0. The summed E-state index contributed by atoms with van der Waals surface area (Å²) < 4.78 is 5.85. The molecule has 1 spiro atoms. The minimum Gasteiger partial charge on any atom is -0.492 e. The van der Waals surface area contributed by atoms with Crippen LogP contribution in [0.25, 0.3) is 0 Å². The van der Waals surface area contributed by atoms with Crippen molar-refractivity contribution < 1.29 is 19.7 Å². The fourth-order valence-corrected chi connectivity index (χ4v) is 5.46. The summed E-state index contributed by atoms with van der Waals surface area (Å²) in [5.74, 6) is -2.41. The van der Waals surface area contributed by atoms with Gasteiger partial charge in [0.1, 0.15) is 17.8 Å². The third kappa shape index (κ3) is 2.84. The molecule has 33 heavy (non-hydrogen) atoms. The molecule has 1 amide bonds. The lowest BCUT2D eigenvalue weighted by Gasteiger charge is -2.48. The van der Waals surface area contributed by atoms with Gasteiger partial charge < -0.3 is 47.7 Å². The van der Waals surface area contributed by atoms with E-state index in [1.807, 2.05) is 6.07 Å². The Labute approximate surface area is 190 Å². The van der Waals surface area contributed by atoms with Crippen LogP contribution < -0.4 is 32.6 Å². The monoisotopic (exact) mass is 458 g/mol. The van der Waals surface area contributed by atoms with E-state index in [9.17, 15) is 15.0 Å². The Hall–Kier alpha value is -3.09. The van der Waals surface area contributed by atoms with Crippen molar-refractivity contribution >= 4 is 17.8 Å². The van der Waals surface area contributed by atoms with Crippen molar-refractivity contribution in [1.29, 1.82) is 0 Å². The van der Waals surface area contributed by atoms with Gasteiger partial charge in [-0.1, -0.05) is 26.0 Å². The molecule has 4 aliphatic heterocycles. The van der Waals surface area contributed by atoms with Gasteiger partial charge in [0.15, 0.2) is 17.6 Å². The number of nitrogens with zero attached hydrogens (tertiary/aromatic N) is 3. The molecule has 0 aromatic heterocycles. The van der Waals surface area contributed by atoms with Crippen molar-refractivity contribution in [3.8, 4) is 5.75 Å². The van der Waals surface area contributed by atoms with E-state index in [4.69, 9.17) is 21.9 Å². The predicted molar refractivity (Wildman–Crippen MR) is 120 cm³/mol. The van der Waals surface area contributed by atoms with Crippen molar-refractivity contribution in [2.24, 2.45) is 27.2 Å². The number of aliphatic hydroxyl groups is 2. The van der Waals surface area contributed by atoms with Gasteiger partial charge in [0, 0.05) is 18.7 Å². The van der Waals surface area contributed by atoms with Gasteiger partial charge in [0.05, 0.1) is 18.2 Å². The van der Waals surface area contributed by atoms with Gasteiger partial charge in [0.2, 0.25) is 5.79 Å². The molecule has 2 unspecified atom stereocenters.